The van der Waals surface area contributed by atoms with Crippen LogP contribution in [0.1, 0.15) is 42.1 Å². The number of hydrogen-bond acceptors (Lipinski definition) is 1. The minimum absolute atomic E-state index is 0.0990. The average Bonchev–Trinajstić information content (AvgIpc) is 2.47. The summed E-state index contributed by atoms with van der Waals surface area (Å²) in [6.07, 6.45) is 5.14. The summed E-state index contributed by atoms with van der Waals surface area (Å²) < 4.78 is 1.63. The summed E-state index contributed by atoms with van der Waals surface area (Å²) in [6, 6.07) is 14.0. The zero-order chi connectivity index (χ0) is 13.7. The third-order valence-corrected chi connectivity index (χ3v) is 3.49. The van der Waals surface area contributed by atoms with Crippen LogP contribution < -0.4 is 4.57 Å². The van der Waals surface area contributed by atoms with Gasteiger partial charge in [-0.3, -0.25) is 0 Å². The normalized spacial score (nSPS) is 12.1. The summed E-state index contributed by atoms with van der Waals surface area (Å²) in [4.78, 5) is 12.1. The predicted molar refractivity (Wildman–Crippen MR) is 76.1 cm³/mol. The monoisotopic (exact) mass is 254 g/mol. The molecule has 1 heterocycles. The van der Waals surface area contributed by atoms with Crippen LogP contribution in [0.4, 0.5) is 0 Å². The van der Waals surface area contributed by atoms with Crippen LogP contribution in [0.5, 0.6) is 0 Å². The van der Waals surface area contributed by atoms with E-state index in [1.165, 1.54) is 5.56 Å². The maximum atomic E-state index is 12.1. The highest BCUT2D eigenvalue weighted by atomic mass is 16.1. The van der Waals surface area contributed by atoms with Crippen molar-refractivity contribution in [1.29, 1.82) is 0 Å². The Balaban J connectivity index is 2.13. The zero-order valence-corrected chi connectivity index (χ0v) is 11.5. The van der Waals surface area contributed by atoms with E-state index in [9.17, 15) is 4.79 Å². The smallest absolute Gasteiger partial charge is 0.219 e. The summed E-state index contributed by atoms with van der Waals surface area (Å²) in [5.74, 6) is 0.640. The topological polar surface area (TPSA) is 20.9 Å². The summed E-state index contributed by atoms with van der Waals surface area (Å²) in [5, 5.41) is 0. The van der Waals surface area contributed by atoms with Gasteiger partial charge in [0.1, 0.15) is 0 Å². The first-order valence-electron chi connectivity index (χ1n) is 6.79. The Morgan fingerprint density at radius 2 is 1.89 bits per heavy atom. The Morgan fingerprint density at radius 3 is 2.58 bits per heavy atom. The van der Waals surface area contributed by atoms with E-state index in [4.69, 9.17) is 0 Å². The Hall–Kier alpha value is -1.96. The molecule has 2 aromatic rings. The van der Waals surface area contributed by atoms with Crippen LogP contribution in [-0.2, 0) is 6.42 Å². The van der Waals surface area contributed by atoms with Crippen LogP contribution in [0.25, 0.3) is 0 Å². The van der Waals surface area contributed by atoms with Gasteiger partial charge in [0, 0.05) is 12.1 Å². The van der Waals surface area contributed by atoms with Crippen LogP contribution in [0.15, 0.2) is 54.9 Å². The number of hydrogen-bond donors (Lipinski definition) is 0. The van der Waals surface area contributed by atoms with E-state index >= 15 is 0 Å². The molecule has 0 spiro atoms. The van der Waals surface area contributed by atoms with Crippen LogP contribution in [0.2, 0.25) is 0 Å². The number of carbonyl (C=O) groups is 1. The van der Waals surface area contributed by atoms with Gasteiger partial charge in [-0.25, -0.2) is 4.79 Å². The highest BCUT2D eigenvalue weighted by molar-refractivity contribution is 5.70. The second-order valence-corrected chi connectivity index (χ2v) is 4.91. The van der Waals surface area contributed by atoms with Crippen molar-refractivity contribution >= 4 is 5.91 Å². The second kappa shape index (κ2) is 6.28. The quantitative estimate of drug-likeness (QED) is 0.766. The van der Waals surface area contributed by atoms with Gasteiger partial charge in [0.15, 0.2) is 12.4 Å². The fourth-order valence-corrected chi connectivity index (χ4v) is 2.08. The lowest BCUT2D eigenvalue weighted by molar-refractivity contribution is -0.574. The number of pyridine rings is 1. The molecular weight excluding hydrogens is 234 g/mol. The zero-order valence-electron chi connectivity index (χ0n) is 11.5. The van der Waals surface area contributed by atoms with Gasteiger partial charge in [-0.15, -0.1) is 4.57 Å². The minimum atomic E-state index is 0.0990. The van der Waals surface area contributed by atoms with E-state index in [2.05, 4.69) is 26.0 Å². The molecule has 0 saturated heterocycles. The third kappa shape index (κ3) is 3.50. The molecule has 0 saturated carbocycles. The van der Waals surface area contributed by atoms with Crippen molar-refractivity contribution in [2.45, 2.75) is 32.6 Å². The largest absolute Gasteiger partial charge is 0.396 e. The fourth-order valence-electron chi connectivity index (χ4n) is 2.08. The Kier molecular flexibility index (Phi) is 4.45. The first kappa shape index (κ1) is 13.5. The first-order valence-corrected chi connectivity index (χ1v) is 6.79. The van der Waals surface area contributed by atoms with E-state index in [-0.39, 0.29) is 5.91 Å². The van der Waals surface area contributed by atoms with Crippen LogP contribution in [0, 0.1) is 0 Å². The van der Waals surface area contributed by atoms with Gasteiger partial charge in [0.25, 0.3) is 0 Å². The van der Waals surface area contributed by atoms with Crippen LogP contribution >= 0.6 is 0 Å². The summed E-state index contributed by atoms with van der Waals surface area (Å²) >= 11 is 0. The molecule has 1 aromatic carbocycles. The number of aromatic nitrogens is 1. The molecule has 0 amide bonds. The molecule has 0 fully saturated rings. The van der Waals surface area contributed by atoms with E-state index in [1.807, 2.05) is 30.3 Å². The molecule has 2 rings (SSSR count). The molecule has 98 valence electrons. The molecule has 0 N–H and O–H groups in total. The van der Waals surface area contributed by atoms with Crippen molar-refractivity contribution < 1.29 is 9.36 Å². The predicted octanol–water partition coefficient (Wildman–Crippen LogP) is 3.37. The van der Waals surface area contributed by atoms with Gasteiger partial charge in [-0.1, -0.05) is 44.2 Å². The van der Waals surface area contributed by atoms with Gasteiger partial charge in [-0.2, -0.15) is 0 Å². The lowest BCUT2D eigenvalue weighted by atomic mass is 9.96. The summed E-state index contributed by atoms with van der Waals surface area (Å²) in [5.41, 5.74) is 2.39. The van der Waals surface area contributed by atoms with E-state index in [0.29, 0.717) is 12.3 Å². The van der Waals surface area contributed by atoms with E-state index in [0.717, 1.165) is 12.0 Å². The van der Waals surface area contributed by atoms with E-state index in [1.54, 1.807) is 17.0 Å². The molecule has 0 bridgehead atoms. The summed E-state index contributed by atoms with van der Waals surface area (Å²) in [6.45, 7) is 4.40. The molecule has 19 heavy (non-hydrogen) atoms. The fraction of sp³-hybridized carbons (Fsp3) is 0.294. The van der Waals surface area contributed by atoms with Crippen LogP contribution in [0.3, 0.4) is 0 Å². The average molecular weight is 254 g/mol. The van der Waals surface area contributed by atoms with Crippen molar-refractivity contribution in [2.24, 2.45) is 0 Å². The SMILES string of the molecule is CCC(C)c1cccc(CC(=O)[n+]2ccccc2)c1. The standard InChI is InChI=1S/C17H20NO/c1-3-14(2)16-9-7-8-15(12-16)13-17(19)18-10-5-4-6-11-18/h4-12,14H,3,13H2,1-2H3/q+1. The lowest BCUT2D eigenvalue weighted by Crippen LogP contribution is -2.42. The molecule has 1 atom stereocenters. The number of nitrogens with zero attached hydrogens (tertiary/aromatic N) is 1. The highest BCUT2D eigenvalue weighted by Gasteiger charge is 2.14. The maximum Gasteiger partial charge on any atom is 0.396 e. The van der Waals surface area contributed by atoms with Gasteiger partial charge in [0.2, 0.25) is 0 Å². The Morgan fingerprint density at radius 1 is 1.16 bits per heavy atom. The molecule has 0 aliphatic carbocycles. The Labute approximate surface area is 114 Å². The summed E-state index contributed by atoms with van der Waals surface area (Å²) in [7, 11) is 0. The number of carbonyl (C=O) groups excluding carboxylic acids is 1. The second-order valence-electron chi connectivity index (χ2n) is 4.91. The van der Waals surface area contributed by atoms with Crippen molar-refractivity contribution in [3.05, 3.63) is 66.0 Å². The molecule has 0 radical (unpaired) electrons. The molecule has 2 heteroatoms. The Bertz CT molecular complexity index is 548. The highest BCUT2D eigenvalue weighted by Crippen LogP contribution is 2.19. The van der Waals surface area contributed by atoms with Crippen molar-refractivity contribution in [3.8, 4) is 0 Å². The van der Waals surface area contributed by atoms with Gasteiger partial charge in [0.05, 0.1) is 6.42 Å². The van der Waals surface area contributed by atoms with Crippen molar-refractivity contribution in [3.63, 3.8) is 0 Å². The molecule has 1 unspecified atom stereocenters. The number of benzene rings is 1. The molecule has 0 aliphatic rings. The molecular formula is C17H20NO+. The molecule has 2 nitrogen and oxygen atoms in total. The molecule has 1 aromatic heterocycles. The molecule has 0 aliphatic heterocycles. The minimum Gasteiger partial charge on any atom is -0.219 e. The van der Waals surface area contributed by atoms with Crippen LogP contribution in [-0.4, -0.2) is 5.91 Å². The van der Waals surface area contributed by atoms with Gasteiger partial charge >= 0.3 is 5.91 Å². The lowest BCUT2D eigenvalue weighted by Gasteiger charge is -2.09. The van der Waals surface area contributed by atoms with Gasteiger partial charge in [-0.05, 0) is 23.5 Å². The van der Waals surface area contributed by atoms with E-state index < -0.39 is 0 Å². The van der Waals surface area contributed by atoms with Crippen molar-refractivity contribution in [2.75, 3.05) is 0 Å². The maximum absolute atomic E-state index is 12.1. The van der Waals surface area contributed by atoms with Crippen molar-refractivity contribution in [1.82, 2.24) is 0 Å². The first-order chi connectivity index (χ1) is 9.20. The van der Waals surface area contributed by atoms with Gasteiger partial charge < -0.3 is 0 Å². The number of rotatable bonds is 4. The third-order valence-electron chi connectivity index (χ3n) is 3.49.